The minimum absolute atomic E-state index is 0.370. The van der Waals surface area contributed by atoms with Crippen molar-refractivity contribution in [3.63, 3.8) is 0 Å². The molecular weight excluding hydrogens is 180 g/mol. The molecule has 1 aromatic carbocycles. The second-order valence-corrected chi connectivity index (χ2v) is 3.42. The first-order valence-corrected chi connectivity index (χ1v) is 4.50. The Morgan fingerprint density at radius 3 is 2.21 bits per heavy atom. The molecule has 0 N–H and O–H groups in total. The summed E-state index contributed by atoms with van der Waals surface area (Å²) < 4.78 is 4.56. The number of benzene rings is 1. The molecule has 1 aliphatic heterocycles. The van der Waals surface area contributed by atoms with E-state index in [-0.39, 0.29) is 5.92 Å². The van der Waals surface area contributed by atoms with Gasteiger partial charge in [0.2, 0.25) is 0 Å². The van der Waals surface area contributed by atoms with Crippen molar-refractivity contribution in [2.24, 2.45) is 5.92 Å². The Morgan fingerprint density at radius 1 is 1.07 bits per heavy atom. The quantitative estimate of drug-likeness (QED) is 0.497. The third-order valence-electron chi connectivity index (χ3n) is 2.49. The molecule has 2 rings (SSSR count). The molecule has 3 nitrogen and oxygen atoms in total. The number of hydrogen-bond donors (Lipinski definition) is 0. The van der Waals surface area contributed by atoms with Crippen LogP contribution in [0.5, 0.6) is 0 Å². The van der Waals surface area contributed by atoms with Gasteiger partial charge in [0.05, 0.1) is 11.8 Å². The van der Waals surface area contributed by atoms with Crippen molar-refractivity contribution < 1.29 is 14.3 Å². The van der Waals surface area contributed by atoms with Crippen LogP contribution in [0.2, 0.25) is 0 Å². The number of cyclic esters (lactones) is 2. The smallest absolute Gasteiger partial charge is 0.321 e. The van der Waals surface area contributed by atoms with E-state index in [2.05, 4.69) is 4.74 Å². The lowest BCUT2D eigenvalue weighted by Crippen LogP contribution is -2.12. The van der Waals surface area contributed by atoms with Gasteiger partial charge in [0.15, 0.2) is 0 Å². The number of hydrogen-bond acceptors (Lipinski definition) is 3. The summed E-state index contributed by atoms with van der Waals surface area (Å²) in [4.78, 5) is 22.5. The van der Waals surface area contributed by atoms with Crippen LogP contribution in [-0.4, -0.2) is 11.9 Å². The summed E-state index contributed by atoms with van der Waals surface area (Å²) in [5.41, 5.74) is 0.843. The lowest BCUT2D eigenvalue weighted by Gasteiger charge is -2.08. The molecule has 0 radical (unpaired) electrons. The largest absolute Gasteiger partial charge is 0.392 e. The van der Waals surface area contributed by atoms with Gasteiger partial charge in [-0.05, 0) is 5.56 Å². The van der Waals surface area contributed by atoms with Gasteiger partial charge >= 0.3 is 11.9 Å². The molecule has 1 heterocycles. The van der Waals surface area contributed by atoms with Gasteiger partial charge in [0.25, 0.3) is 0 Å². The van der Waals surface area contributed by atoms with Crippen molar-refractivity contribution in [1.29, 1.82) is 0 Å². The van der Waals surface area contributed by atoms with Gasteiger partial charge in [-0.15, -0.1) is 0 Å². The van der Waals surface area contributed by atoms with E-state index < -0.39 is 17.9 Å². The maximum absolute atomic E-state index is 11.4. The Hall–Kier alpha value is -1.64. The molecule has 0 unspecified atom stereocenters. The van der Waals surface area contributed by atoms with Crippen molar-refractivity contribution in [1.82, 2.24) is 0 Å². The van der Waals surface area contributed by atoms with Gasteiger partial charge in [0.1, 0.15) is 0 Å². The van der Waals surface area contributed by atoms with Crippen LogP contribution in [0.15, 0.2) is 30.3 Å². The highest BCUT2D eigenvalue weighted by molar-refractivity contribution is 5.99. The van der Waals surface area contributed by atoms with E-state index in [1.54, 1.807) is 6.92 Å². The second kappa shape index (κ2) is 3.25. The van der Waals surface area contributed by atoms with Crippen molar-refractivity contribution in [3.8, 4) is 0 Å². The molecular formula is C11H10O3. The molecule has 72 valence electrons. The third-order valence-corrected chi connectivity index (χ3v) is 2.49. The average Bonchev–Trinajstić information content (AvgIpc) is 2.43. The molecule has 0 amide bonds. The molecule has 1 saturated heterocycles. The Morgan fingerprint density at radius 2 is 1.71 bits per heavy atom. The van der Waals surface area contributed by atoms with Crippen LogP contribution in [0.4, 0.5) is 0 Å². The molecule has 14 heavy (non-hydrogen) atoms. The summed E-state index contributed by atoms with van der Waals surface area (Å²) in [6, 6.07) is 9.23. The maximum atomic E-state index is 11.4. The standard InChI is InChI=1S/C11H10O3/c1-7-9(11(13)14-10(7)12)8-5-3-2-4-6-8/h2-7,9H,1H3/t7-,9+/m0/s1. The highest BCUT2D eigenvalue weighted by Crippen LogP contribution is 2.32. The first kappa shape index (κ1) is 8.94. The number of carbonyl (C=O) groups excluding carboxylic acids is 2. The molecule has 1 fully saturated rings. The minimum atomic E-state index is -0.436. The molecule has 1 aliphatic rings. The zero-order valence-electron chi connectivity index (χ0n) is 7.77. The predicted octanol–water partition coefficient (Wildman–Crippen LogP) is 1.49. The van der Waals surface area contributed by atoms with Gasteiger partial charge in [0, 0.05) is 0 Å². The summed E-state index contributed by atoms with van der Waals surface area (Å²) in [5.74, 6) is -1.66. The molecule has 0 aliphatic carbocycles. The predicted molar refractivity (Wildman–Crippen MR) is 49.4 cm³/mol. The average molecular weight is 190 g/mol. The highest BCUT2D eigenvalue weighted by Gasteiger charge is 2.41. The fourth-order valence-electron chi connectivity index (χ4n) is 1.68. The van der Waals surface area contributed by atoms with Gasteiger partial charge < -0.3 is 4.74 Å². The fourth-order valence-corrected chi connectivity index (χ4v) is 1.68. The molecule has 1 aromatic rings. The third kappa shape index (κ3) is 1.31. The van der Waals surface area contributed by atoms with Crippen LogP contribution in [0.1, 0.15) is 18.4 Å². The van der Waals surface area contributed by atoms with Crippen LogP contribution in [-0.2, 0) is 14.3 Å². The molecule has 3 heteroatoms. The van der Waals surface area contributed by atoms with Crippen LogP contribution < -0.4 is 0 Å². The second-order valence-electron chi connectivity index (χ2n) is 3.42. The lowest BCUT2D eigenvalue weighted by atomic mass is 9.89. The fraction of sp³-hybridized carbons (Fsp3) is 0.273. The molecule has 0 saturated carbocycles. The minimum Gasteiger partial charge on any atom is -0.392 e. The number of ether oxygens (including phenoxy) is 1. The highest BCUT2D eigenvalue weighted by atomic mass is 16.6. The van der Waals surface area contributed by atoms with Crippen molar-refractivity contribution in [2.75, 3.05) is 0 Å². The van der Waals surface area contributed by atoms with Gasteiger partial charge in [-0.1, -0.05) is 37.3 Å². The summed E-state index contributed by atoms with van der Waals surface area (Å²) in [5, 5.41) is 0. The van der Waals surface area contributed by atoms with E-state index in [4.69, 9.17) is 0 Å². The lowest BCUT2D eigenvalue weighted by molar-refractivity contribution is -0.153. The SMILES string of the molecule is C[C@@H]1C(=O)OC(=O)[C@H]1c1ccccc1. The van der Waals surface area contributed by atoms with E-state index in [0.29, 0.717) is 0 Å². The summed E-state index contributed by atoms with van der Waals surface area (Å²) in [6.45, 7) is 1.71. The Balaban J connectivity index is 2.36. The number of carbonyl (C=O) groups is 2. The zero-order valence-corrected chi connectivity index (χ0v) is 7.77. The van der Waals surface area contributed by atoms with Crippen molar-refractivity contribution in [3.05, 3.63) is 35.9 Å². The molecule has 0 spiro atoms. The maximum Gasteiger partial charge on any atom is 0.321 e. The first-order valence-electron chi connectivity index (χ1n) is 4.50. The van der Waals surface area contributed by atoms with Crippen molar-refractivity contribution in [2.45, 2.75) is 12.8 Å². The Bertz CT molecular complexity index is 369. The summed E-state index contributed by atoms with van der Waals surface area (Å²) in [6.07, 6.45) is 0. The summed E-state index contributed by atoms with van der Waals surface area (Å²) in [7, 11) is 0. The van der Waals surface area contributed by atoms with E-state index >= 15 is 0 Å². The molecule has 0 bridgehead atoms. The Labute approximate surface area is 81.7 Å². The van der Waals surface area contributed by atoms with Crippen LogP contribution in [0.25, 0.3) is 0 Å². The van der Waals surface area contributed by atoms with Crippen LogP contribution in [0, 0.1) is 5.92 Å². The monoisotopic (exact) mass is 190 g/mol. The first-order chi connectivity index (χ1) is 6.70. The molecule has 2 atom stereocenters. The number of rotatable bonds is 1. The van der Waals surface area contributed by atoms with Gasteiger partial charge in [-0.3, -0.25) is 9.59 Å². The summed E-state index contributed by atoms with van der Waals surface area (Å²) >= 11 is 0. The van der Waals surface area contributed by atoms with Crippen LogP contribution in [0.3, 0.4) is 0 Å². The van der Waals surface area contributed by atoms with E-state index in [1.807, 2.05) is 30.3 Å². The Kier molecular flexibility index (Phi) is 2.08. The van der Waals surface area contributed by atoms with E-state index in [9.17, 15) is 9.59 Å². The van der Waals surface area contributed by atoms with Crippen molar-refractivity contribution >= 4 is 11.9 Å². The van der Waals surface area contributed by atoms with Crippen LogP contribution >= 0.6 is 0 Å². The van der Waals surface area contributed by atoms with Gasteiger partial charge in [-0.25, -0.2) is 0 Å². The zero-order chi connectivity index (χ0) is 10.1. The molecule has 0 aromatic heterocycles. The normalized spacial score (nSPS) is 26.4. The van der Waals surface area contributed by atoms with E-state index in [0.717, 1.165) is 5.56 Å². The van der Waals surface area contributed by atoms with E-state index in [1.165, 1.54) is 0 Å². The van der Waals surface area contributed by atoms with Gasteiger partial charge in [-0.2, -0.15) is 0 Å². The number of esters is 2. The topological polar surface area (TPSA) is 43.4 Å².